The summed E-state index contributed by atoms with van der Waals surface area (Å²) in [5, 5.41) is 0. The highest BCUT2D eigenvalue weighted by atomic mass is 79.9. The lowest BCUT2D eigenvalue weighted by molar-refractivity contribution is 0.322. The van der Waals surface area contributed by atoms with Crippen LogP contribution in [0.15, 0.2) is 56.3 Å². The molecule has 5 nitrogen and oxygen atoms in total. The van der Waals surface area contributed by atoms with Gasteiger partial charge >= 0.3 is 0 Å². The highest BCUT2D eigenvalue weighted by Gasteiger charge is 2.21. The predicted molar refractivity (Wildman–Crippen MR) is 109 cm³/mol. The molecule has 0 saturated carbocycles. The van der Waals surface area contributed by atoms with Gasteiger partial charge < -0.3 is 10.6 Å². The summed E-state index contributed by atoms with van der Waals surface area (Å²) in [6.45, 7) is 1.97. The van der Waals surface area contributed by atoms with Crippen LogP contribution in [0.3, 0.4) is 0 Å². The Morgan fingerprint density at radius 1 is 1.16 bits per heavy atom. The van der Waals surface area contributed by atoms with Crippen molar-refractivity contribution < 1.29 is 8.42 Å². The SMILES string of the molecule is CN(CCCNS(=O)(=O)c1c(N)cc(Br)cc1Br)Cc1ccccc1. The first-order valence-corrected chi connectivity index (χ1v) is 10.8. The van der Waals surface area contributed by atoms with E-state index in [1.54, 1.807) is 12.1 Å². The summed E-state index contributed by atoms with van der Waals surface area (Å²) >= 11 is 6.56. The van der Waals surface area contributed by atoms with E-state index in [1.807, 2.05) is 25.2 Å². The van der Waals surface area contributed by atoms with Gasteiger partial charge in [-0.2, -0.15) is 0 Å². The standard InChI is InChI=1S/C17H21Br2N3O2S/c1-22(12-13-6-3-2-4-7-13)9-5-8-21-25(23,24)17-15(19)10-14(18)11-16(17)20/h2-4,6-7,10-11,21H,5,8-9,12,20H2,1H3. The van der Waals surface area contributed by atoms with Crippen LogP contribution in [-0.4, -0.2) is 33.5 Å². The normalized spacial score (nSPS) is 11.8. The monoisotopic (exact) mass is 489 g/mol. The van der Waals surface area contributed by atoms with E-state index in [-0.39, 0.29) is 10.6 Å². The van der Waals surface area contributed by atoms with Crippen LogP contribution in [0.5, 0.6) is 0 Å². The van der Waals surface area contributed by atoms with Crippen molar-refractivity contribution in [3.05, 3.63) is 57.0 Å². The zero-order chi connectivity index (χ0) is 18.4. The number of nitrogen functional groups attached to an aromatic ring is 1. The highest BCUT2D eigenvalue weighted by Crippen LogP contribution is 2.31. The molecule has 0 amide bonds. The molecule has 0 radical (unpaired) electrons. The van der Waals surface area contributed by atoms with Crippen LogP contribution in [0.1, 0.15) is 12.0 Å². The molecular formula is C17H21Br2N3O2S. The molecule has 2 rings (SSSR count). The Hall–Kier alpha value is -0.930. The number of anilines is 1. The van der Waals surface area contributed by atoms with Gasteiger partial charge in [-0.3, -0.25) is 0 Å². The summed E-state index contributed by atoms with van der Waals surface area (Å²) in [5.41, 5.74) is 7.30. The molecule has 0 fully saturated rings. The van der Waals surface area contributed by atoms with Crippen LogP contribution in [0.25, 0.3) is 0 Å². The number of sulfonamides is 1. The van der Waals surface area contributed by atoms with Crippen molar-refractivity contribution in [1.82, 2.24) is 9.62 Å². The third-order valence-electron chi connectivity index (χ3n) is 3.61. The Morgan fingerprint density at radius 2 is 1.84 bits per heavy atom. The van der Waals surface area contributed by atoms with Gasteiger partial charge in [-0.1, -0.05) is 46.3 Å². The molecule has 0 unspecified atom stereocenters. The van der Waals surface area contributed by atoms with Crippen LogP contribution in [0, 0.1) is 0 Å². The Morgan fingerprint density at radius 3 is 2.48 bits per heavy atom. The molecule has 0 aromatic heterocycles. The largest absolute Gasteiger partial charge is 0.398 e. The van der Waals surface area contributed by atoms with Crippen molar-refractivity contribution in [1.29, 1.82) is 0 Å². The van der Waals surface area contributed by atoms with E-state index in [2.05, 4.69) is 53.6 Å². The number of nitrogens with zero attached hydrogens (tertiary/aromatic N) is 1. The minimum Gasteiger partial charge on any atom is -0.398 e. The summed E-state index contributed by atoms with van der Waals surface area (Å²) in [5.74, 6) is 0. The van der Waals surface area contributed by atoms with E-state index in [0.717, 1.165) is 17.6 Å². The molecule has 136 valence electrons. The lowest BCUT2D eigenvalue weighted by Crippen LogP contribution is -2.29. The van der Waals surface area contributed by atoms with E-state index in [1.165, 1.54) is 5.56 Å². The predicted octanol–water partition coefficient (Wildman–Crippen LogP) is 3.59. The topological polar surface area (TPSA) is 75.4 Å². The van der Waals surface area contributed by atoms with Crippen molar-refractivity contribution in [3.8, 4) is 0 Å². The van der Waals surface area contributed by atoms with Gasteiger partial charge in [-0.25, -0.2) is 13.1 Å². The van der Waals surface area contributed by atoms with Crippen molar-refractivity contribution >= 4 is 47.6 Å². The minimum absolute atomic E-state index is 0.0772. The molecular weight excluding hydrogens is 470 g/mol. The number of halogens is 2. The van der Waals surface area contributed by atoms with Crippen molar-refractivity contribution in [2.24, 2.45) is 0 Å². The second-order valence-electron chi connectivity index (χ2n) is 5.78. The van der Waals surface area contributed by atoms with Gasteiger partial charge in [-0.05, 0) is 53.6 Å². The molecule has 0 bridgehead atoms. The minimum atomic E-state index is -3.66. The molecule has 0 aliphatic carbocycles. The molecule has 0 saturated heterocycles. The van der Waals surface area contributed by atoms with E-state index >= 15 is 0 Å². The van der Waals surface area contributed by atoms with Crippen molar-refractivity contribution in [2.75, 3.05) is 25.9 Å². The maximum atomic E-state index is 12.5. The van der Waals surface area contributed by atoms with E-state index in [0.29, 0.717) is 17.4 Å². The quantitative estimate of drug-likeness (QED) is 0.438. The van der Waals surface area contributed by atoms with Gasteiger partial charge in [0.15, 0.2) is 0 Å². The molecule has 3 N–H and O–H groups in total. The Bertz CT molecular complexity index is 791. The van der Waals surface area contributed by atoms with Crippen LogP contribution in [0.2, 0.25) is 0 Å². The van der Waals surface area contributed by atoms with Crippen LogP contribution in [-0.2, 0) is 16.6 Å². The van der Waals surface area contributed by atoms with E-state index in [4.69, 9.17) is 5.73 Å². The summed E-state index contributed by atoms with van der Waals surface area (Å²) in [6, 6.07) is 13.4. The van der Waals surface area contributed by atoms with Gasteiger partial charge in [0.2, 0.25) is 10.0 Å². The highest BCUT2D eigenvalue weighted by molar-refractivity contribution is 9.11. The van der Waals surface area contributed by atoms with E-state index in [9.17, 15) is 8.42 Å². The number of benzene rings is 2. The Balaban J connectivity index is 1.87. The third kappa shape index (κ3) is 6.07. The molecule has 2 aromatic carbocycles. The number of nitrogens with one attached hydrogen (secondary N) is 1. The number of hydrogen-bond donors (Lipinski definition) is 2. The molecule has 0 aliphatic rings. The van der Waals surface area contributed by atoms with E-state index < -0.39 is 10.0 Å². The first-order chi connectivity index (χ1) is 11.8. The van der Waals surface area contributed by atoms with Crippen LogP contribution < -0.4 is 10.5 Å². The lowest BCUT2D eigenvalue weighted by Gasteiger charge is -2.17. The molecule has 25 heavy (non-hydrogen) atoms. The fourth-order valence-corrected chi connectivity index (χ4v) is 5.61. The molecule has 0 spiro atoms. The van der Waals surface area contributed by atoms with Crippen LogP contribution in [0.4, 0.5) is 5.69 Å². The second kappa shape index (κ2) is 9.14. The van der Waals surface area contributed by atoms with Gasteiger partial charge in [0, 0.05) is 22.0 Å². The van der Waals surface area contributed by atoms with Gasteiger partial charge in [0.05, 0.1) is 5.69 Å². The zero-order valence-electron chi connectivity index (χ0n) is 13.9. The maximum Gasteiger partial charge on any atom is 0.243 e. The fraction of sp³-hybridized carbons (Fsp3) is 0.294. The van der Waals surface area contributed by atoms with Crippen molar-refractivity contribution in [2.45, 2.75) is 17.9 Å². The first kappa shape index (κ1) is 20.4. The fourth-order valence-electron chi connectivity index (χ4n) is 2.47. The summed E-state index contributed by atoms with van der Waals surface area (Å²) < 4.78 is 28.7. The number of nitrogens with two attached hydrogens (primary N) is 1. The smallest absolute Gasteiger partial charge is 0.243 e. The molecule has 0 heterocycles. The van der Waals surface area contributed by atoms with Crippen molar-refractivity contribution in [3.63, 3.8) is 0 Å². The lowest BCUT2D eigenvalue weighted by atomic mass is 10.2. The van der Waals surface area contributed by atoms with Crippen LogP contribution >= 0.6 is 31.9 Å². The maximum absolute atomic E-state index is 12.5. The average Bonchev–Trinajstić information content (AvgIpc) is 2.51. The zero-order valence-corrected chi connectivity index (χ0v) is 17.9. The summed E-state index contributed by atoms with van der Waals surface area (Å²) in [6.07, 6.45) is 0.705. The Labute approximate surface area is 165 Å². The second-order valence-corrected chi connectivity index (χ2v) is 9.25. The third-order valence-corrected chi connectivity index (χ3v) is 6.53. The molecule has 0 aliphatic heterocycles. The average molecular weight is 491 g/mol. The van der Waals surface area contributed by atoms with Gasteiger partial charge in [-0.15, -0.1) is 0 Å². The first-order valence-electron chi connectivity index (χ1n) is 7.76. The summed E-state index contributed by atoms with van der Waals surface area (Å²) in [4.78, 5) is 2.24. The van der Waals surface area contributed by atoms with Gasteiger partial charge in [0.25, 0.3) is 0 Å². The summed E-state index contributed by atoms with van der Waals surface area (Å²) in [7, 11) is -1.64. The Kier molecular flexibility index (Phi) is 7.45. The molecule has 0 atom stereocenters. The number of hydrogen-bond acceptors (Lipinski definition) is 4. The molecule has 8 heteroatoms. The molecule has 2 aromatic rings. The van der Waals surface area contributed by atoms with Gasteiger partial charge in [0.1, 0.15) is 4.90 Å². The number of rotatable bonds is 8.